The molecule has 0 saturated heterocycles. The van der Waals surface area contributed by atoms with Crippen LogP contribution in [0.15, 0.2) is 60.7 Å². The van der Waals surface area contributed by atoms with Crippen LogP contribution in [0.2, 0.25) is 0 Å². The van der Waals surface area contributed by atoms with Crippen LogP contribution in [0.3, 0.4) is 0 Å². The van der Waals surface area contributed by atoms with Crippen LogP contribution in [0.5, 0.6) is 0 Å². The number of hydrogen-bond acceptors (Lipinski definition) is 2. The minimum absolute atomic E-state index is 0. The van der Waals surface area contributed by atoms with E-state index >= 15 is 0 Å². The predicted octanol–water partition coefficient (Wildman–Crippen LogP) is 6.12. The molecule has 0 aromatic heterocycles. The van der Waals surface area contributed by atoms with Gasteiger partial charge in [-0.3, -0.25) is 9.59 Å². The molecule has 144 valence electrons. The zero-order valence-corrected chi connectivity index (χ0v) is 16.9. The summed E-state index contributed by atoms with van der Waals surface area (Å²) in [5, 5.41) is 0. The van der Waals surface area contributed by atoms with E-state index in [9.17, 15) is 9.59 Å². The molecule has 27 heavy (non-hydrogen) atoms. The van der Waals surface area contributed by atoms with E-state index in [1.54, 1.807) is 0 Å². The Balaban J connectivity index is 0.000000187. The van der Waals surface area contributed by atoms with Crippen LogP contribution in [0.1, 0.15) is 72.1 Å². The summed E-state index contributed by atoms with van der Waals surface area (Å²) in [4.78, 5) is 23.7. The van der Waals surface area contributed by atoms with Crippen molar-refractivity contribution in [2.45, 2.75) is 51.4 Å². The van der Waals surface area contributed by atoms with Gasteiger partial charge in [0.15, 0.2) is 11.6 Å². The summed E-state index contributed by atoms with van der Waals surface area (Å²) in [6.45, 7) is 0. The largest absolute Gasteiger partial charge is 0.294 e. The van der Waals surface area contributed by atoms with Crippen LogP contribution >= 0.6 is 0 Å². The van der Waals surface area contributed by atoms with Crippen molar-refractivity contribution in [3.8, 4) is 0 Å². The van der Waals surface area contributed by atoms with Crippen LogP contribution in [-0.2, 0) is 17.1 Å². The second-order valence-electron chi connectivity index (χ2n) is 7.42. The van der Waals surface area contributed by atoms with Gasteiger partial charge < -0.3 is 0 Å². The number of ketones is 2. The molecule has 2 nitrogen and oxygen atoms in total. The number of benzene rings is 2. The first-order valence-electron chi connectivity index (χ1n) is 9.94. The van der Waals surface area contributed by atoms with E-state index in [4.69, 9.17) is 0 Å². The molecule has 0 atom stereocenters. The van der Waals surface area contributed by atoms with Crippen LogP contribution in [0.25, 0.3) is 0 Å². The van der Waals surface area contributed by atoms with Gasteiger partial charge in [0.1, 0.15) is 0 Å². The van der Waals surface area contributed by atoms with Crippen LogP contribution in [0, 0.1) is 11.8 Å². The van der Waals surface area contributed by atoms with Crippen molar-refractivity contribution in [1.82, 2.24) is 0 Å². The molecule has 2 fully saturated rings. The fourth-order valence-corrected chi connectivity index (χ4v) is 4.05. The number of carbonyl (C=O) groups is 2. The molecule has 2 aromatic rings. The first-order valence-corrected chi connectivity index (χ1v) is 9.94. The molecule has 0 amide bonds. The van der Waals surface area contributed by atoms with Gasteiger partial charge in [-0.05, 0) is 25.7 Å². The van der Waals surface area contributed by atoms with Crippen LogP contribution in [0.4, 0.5) is 0 Å². The quantitative estimate of drug-likeness (QED) is 0.455. The topological polar surface area (TPSA) is 34.1 Å². The first-order chi connectivity index (χ1) is 12.8. The monoisotopic (exact) mass is 404 g/mol. The Kier molecular flexibility index (Phi) is 8.97. The minimum Gasteiger partial charge on any atom is -0.294 e. The van der Waals surface area contributed by atoms with Crippen molar-refractivity contribution < 1.29 is 26.7 Å². The maximum Gasteiger partial charge on any atom is 0.165 e. The van der Waals surface area contributed by atoms with Gasteiger partial charge in [0.2, 0.25) is 0 Å². The molecule has 3 heteroatoms. The fraction of sp³-hybridized carbons (Fsp3) is 0.417. The Hall–Kier alpha value is -1.70. The summed E-state index contributed by atoms with van der Waals surface area (Å²) in [6.07, 6.45) is 9.27. The van der Waals surface area contributed by atoms with E-state index < -0.39 is 0 Å². The Morgan fingerprint density at radius 1 is 0.556 bits per heavy atom. The second kappa shape index (κ2) is 11.2. The Morgan fingerprint density at radius 2 is 0.852 bits per heavy atom. The maximum atomic E-state index is 11.8. The molecular weight excluding hydrogens is 376 g/mol. The third kappa shape index (κ3) is 6.16. The summed E-state index contributed by atoms with van der Waals surface area (Å²) in [5.41, 5.74) is 1.77. The molecule has 0 radical (unpaired) electrons. The number of carbonyl (C=O) groups excluding carboxylic acids is 2. The van der Waals surface area contributed by atoms with E-state index in [-0.39, 0.29) is 17.1 Å². The Bertz CT molecular complexity index is 636. The smallest absolute Gasteiger partial charge is 0.165 e. The molecular formula is C24H28FeO2. The van der Waals surface area contributed by atoms with Crippen molar-refractivity contribution >= 4 is 11.6 Å². The molecule has 0 aliphatic heterocycles. The van der Waals surface area contributed by atoms with Crippen LogP contribution in [-0.4, -0.2) is 11.6 Å². The van der Waals surface area contributed by atoms with Crippen molar-refractivity contribution in [3.05, 3.63) is 71.8 Å². The second-order valence-corrected chi connectivity index (χ2v) is 7.42. The van der Waals surface area contributed by atoms with E-state index in [1.165, 1.54) is 25.7 Å². The zero-order valence-electron chi connectivity index (χ0n) is 15.8. The van der Waals surface area contributed by atoms with Crippen LogP contribution < -0.4 is 0 Å². The number of rotatable bonds is 4. The average molecular weight is 404 g/mol. The van der Waals surface area contributed by atoms with E-state index in [2.05, 4.69) is 0 Å². The molecule has 2 saturated carbocycles. The maximum absolute atomic E-state index is 11.8. The third-order valence-corrected chi connectivity index (χ3v) is 5.57. The summed E-state index contributed by atoms with van der Waals surface area (Å²) < 4.78 is 0. The average Bonchev–Trinajstić information content (AvgIpc) is 3.43. The minimum atomic E-state index is 0. The molecule has 2 aliphatic carbocycles. The molecule has 0 heterocycles. The van der Waals surface area contributed by atoms with Gasteiger partial charge in [-0.1, -0.05) is 86.3 Å². The molecule has 0 unspecified atom stereocenters. The van der Waals surface area contributed by atoms with Gasteiger partial charge in [0.25, 0.3) is 0 Å². The SMILES string of the molecule is O=C(c1ccccc1)C1CCCC1.O=C(c1ccccc1)C1CCCC1.[Fe]. The van der Waals surface area contributed by atoms with Gasteiger partial charge in [0.05, 0.1) is 0 Å². The summed E-state index contributed by atoms with van der Waals surface area (Å²) in [6, 6.07) is 19.3. The van der Waals surface area contributed by atoms with Crippen molar-refractivity contribution in [2.24, 2.45) is 11.8 Å². The molecule has 2 aromatic carbocycles. The van der Waals surface area contributed by atoms with E-state index in [0.29, 0.717) is 23.4 Å². The molecule has 2 aliphatic rings. The molecule has 0 bridgehead atoms. The van der Waals surface area contributed by atoms with Gasteiger partial charge in [-0.25, -0.2) is 0 Å². The van der Waals surface area contributed by atoms with Gasteiger partial charge in [-0.2, -0.15) is 0 Å². The van der Waals surface area contributed by atoms with Gasteiger partial charge in [-0.15, -0.1) is 0 Å². The third-order valence-electron chi connectivity index (χ3n) is 5.57. The predicted molar refractivity (Wildman–Crippen MR) is 105 cm³/mol. The molecule has 0 N–H and O–H groups in total. The number of hydrogen-bond donors (Lipinski definition) is 0. The molecule has 4 rings (SSSR count). The van der Waals surface area contributed by atoms with Crippen molar-refractivity contribution in [3.63, 3.8) is 0 Å². The van der Waals surface area contributed by atoms with Gasteiger partial charge >= 0.3 is 0 Å². The van der Waals surface area contributed by atoms with E-state index in [0.717, 1.165) is 36.8 Å². The first kappa shape index (κ1) is 21.6. The summed E-state index contributed by atoms with van der Waals surface area (Å²) in [5.74, 6) is 1.31. The Morgan fingerprint density at radius 3 is 1.15 bits per heavy atom. The van der Waals surface area contributed by atoms with Crippen molar-refractivity contribution in [2.75, 3.05) is 0 Å². The summed E-state index contributed by atoms with van der Waals surface area (Å²) in [7, 11) is 0. The van der Waals surface area contributed by atoms with Crippen molar-refractivity contribution in [1.29, 1.82) is 0 Å². The standard InChI is InChI=1S/2C12H14O.Fe/c2*13-12(11-8-4-5-9-11)10-6-2-1-3-7-10;/h2*1-3,6-7,11H,4-5,8-9H2;. The fourth-order valence-electron chi connectivity index (χ4n) is 4.05. The zero-order chi connectivity index (χ0) is 18.2. The molecule has 0 spiro atoms. The van der Waals surface area contributed by atoms with Gasteiger partial charge in [0, 0.05) is 40.0 Å². The normalized spacial score (nSPS) is 16.9. The summed E-state index contributed by atoms with van der Waals surface area (Å²) >= 11 is 0. The van der Waals surface area contributed by atoms with E-state index in [1.807, 2.05) is 60.7 Å². The number of Topliss-reactive ketones (excluding diaryl/α,β-unsaturated/α-hetero) is 2. The Labute approximate surface area is 173 Å².